The maximum Gasteiger partial charge on any atom is 0.340 e. The average Bonchev–Trinajstić information content (AvgIpc) is 2.62. The van der Waals surface area contributed by atoms with Crippen molar-refractivity contribution in [2.24, 2.45) is 0 Å². The third kappa shape index (κ3) is 5.36. The predicted octanol–water partition coefficient (Wildman–Crippen LogP) is 5.05. The van der Waals surface area contributed by atoms with Crippen molar-refractivity contribution in [3.8, 4) is 0 Å². The number of benzene rings is 2. The number of para-hydroxylation sites is 1. The fourth-order valence-corrected chi connectivity index (χ4v) is 3.36. The quantitative estimate of drug-likeness (QED) is 0.352. The Morgan fingerprint density at radius 2 is 1.77 bits per heavy atom. The number of hydrogen-bond donors (Lipinski definition) is 1. The minimum Gasteiger partial charge on any atom is -0.316 e. The molecule has 5 nitrogen and oxygen atoms in total. The van der Waals surface area contributed by atoms with Gasteiger partial charge >= 0.3 is 11.8 Å². The first kappa shape index (κ1) is 20.5. The second-order valence-electron chi connectivity index (χ2n) is 5.32. The number of hydroxylamine groups is 1. The second kappa shape index (κ2) is 9.80. The molecule has 2 amide bonds. The highest BCUT2D eigenvalue weighted by atomic mass is 79.9. The summed E-state index contributed by atoms with van der Waals surface area (Å²) in [6.07, 6.45) is 1.63. The molecule has 0 heterocycles. The lowest BCUT2D eigenvalue weighted by Gasteiger charge is -2.21. The maximum atomic E-state index is 13.4. The molecule has 138 valence electrons. The second-order valence-corrected chi connectivity index (χ2v) is 7.03. The van der Waals surface area contributed by atoms with Gasteiger partial charge in [-0.3, -0.25) is 14.4 Å². The fourth-order valence-electron chi connectivity index (χ4n) is 2.03. The Morgan fingerprint density at radius 3 is 2.35 bits per heavy atom. The van der Waals surface area contributed by atoms with Crippen LogP contribution in [-0.2, 0) is 14.4 Å². The van der Waals surface area contributed by atoms with Crippen LogP contribution in [0.4, 0.5) is 15.8 Å². The highest BCUT2D eigenvalue weighted by Gasteiger charge is 2.26. The van der Waals surface area contributed by atoms with Gasteiger partial charge in [0.1, 0.15) is 5.82 Å². The van der Waals surface area contributed by atoms with Gasteiger partial charge in [-0.05, 0) is 62.5 Å². The standard InChI is InChI=1S/C18H17Br2FN2O3/c1-2-3-9-26-23(13-7-5-4-6-8-13)18(25)17(24)22-16-14(19)10-12(21)11-15(16)20/h4-8,10-11H,2-3,9H2,1H3,(H,22,24). The largest absolute Gasteiger partial charge is 0.340 e. The number of amides is 2. The molecule has 26 heavy (non-hydrogen) atoms. The molecule has 0 atom stereocenters. The van der Waals surface area contributed by atoms with Crippen molar-refractivity contribution in [3.63, 3.8) is 0 Å². The van der Waals surface area contributed by atoms with Crippen molar-refractivity contribution < 1.29 is 18.8 Å². The molecule has 0 aromatic heterocycles. The number of nitrogens with one attached hydrogen (secondary N) is 1. The van der Waals surface area contributed by atoms with E-state index in [0.717, 1.165) is 17.9 Å². The van der Waals surface area contributed by atoms with Crippen LogP contribution in [0.25, 0.3) is 0 Å². The van der Waals surface area contributed by atoms with Gasteiger partial charge in [0.15, 0.2) is 0 Å². The molecule has 8 heteroatoms. The predicted molar refractivity (Wildman–Crippen MR) is 105 cm³/mol. The van der Waals surface area contributed by atoms with Crippen molar-refractivity contribution in [1.29, 1.82) is 0 Å². The Bertz CT molecular complexity index is 764. The van der Waals surface area contributed by atoms with Gasteiger partial charge in [0.25, 0.3) is 0 Å². The van der Waals surface area contributed by atoms with Gasteiger partial charge < -0.3 is 5.32 Å². The van der Waals surface area contributed by atoms with Crippen molar-refractivity contribution in [1.82, 2.24) is 0 Å². The van der Waals surface area contributed by atoms with Crippen LogP contribution in [-0.4, -0.2) is 18.4 Å². The highest BCUT2D eigenvalue weighted by molar-refractivity contribution is 9.11. The average molecular weight is 488 g/mol. The van der Waals surface area contributed by atoms with Gasteiger partial charge in [-0.15, -0.1) is 0 Å². The highest BCUT2D eigenvalue weighted by Crippen LogP contribution is 2.32. The SMILES string of the molecule is CCCCON(C(=O)C(=O)Nc1c(Br)cc(F)cc1Br)c1ccccc1. The van der Waals surface area contributed by atoms with Crippen LogP contribution < -0.4 is 10.4 Å². The van der Waals surface area contributed by atoms with Crippen molar-refractivity contribution >= 4 is 55.0 Å². The van der Waals surface area contributed by atoms with Crippen LogP contribution >= 0.6 is 31.9 Å². The zero-order valence-electron chi connectivity index (χ0n) is 14.0. The molecular formula is C18H17Br2FN2O3. The van der Waals surface area contributed by atoms with Gasteiger partial charge in [-0.1, -0.05) is 31.5 Å². The Hall–Kier alpha value is -1.77. The summed E-state index contributed by atoms with van der Waals surface area (Å²) < 4.78 is 14.0. The van der Waals surface area contributed by atoms with E-state index < -0.39 is 17.6 Å². The summed E-state index contributed by atoms with van der Waals surface area (Å²) in [7, 11) is 0. The molecule has 0 saturated carbocycles. The third-order valence-electron chi connectivity index (χ3n) is 3.33. The zero-order chi connectivity index (χ0) is 19.1. The number of rotatable bonds is 6. The van der Waals surface area contributed by atoms with Crippen LogP contribution in [0.2, 0.25) is 0 Å². The first-order valence-electron chi connectivity index (χ1n) is 7.92. The minimum absolute atomic E-state index is 0.256. The van der Waals surface area contributed by atoms with Crippen molar-refractivity contribution in [2.75, 3.05) is 17.0 Å². The number of halogens is 3. The summed E-state index contributed by atoms with van der Waals surface area (Å²) in [5.41, 5.74) is 0.701. The molecule has 0 radical (unpaired) electrons. The van der Waals surface area contributed by atoms with E-state index in [-0.39, 0.29) is 5.69 Å². The van der Waals surface area contributed by atoms with Gasteiger partial charge in [0.05, 0.1) is 18.0 Å². The number of carbonyl (C=O) groups excluding carboxylic acids is 2. The number of nitrogens with zero attached hydrogens (tertiary/aromatic N) is 1. The molecule has 2 aromatic rings. The van der Waals surface area contributed by atoms with Crippen molar-refractivity contribution in [2.45, 2.75) is 19.8 Å². The van der Waals surface area contributed by atoms with E-state index in [9.17, 15) is 14.0 Å². The normalized spacial score (nSPS) is 10.5. The van der Waals surface area contributed by atoms with Crippen LogP contribution in [0.5, 0.6) is 0 Å². The van der Waals surface area contributed by atoms with Crippen LogP contribution in [0.3, 0.4) is 0 Å². The molecule has 0 saturated heterocycles. The molecule has 0 aliphatic rings. The van der Waals surface area contributed by atoms with Crippen molar-refractivity contribution in [3.05, 3.63) is 57.2 Å². The molecule has 1 N–H and O–H groups in total. The Morgan fingerprint density at radius 1 is 1.15 bits per heavy atom. The van der Waals surface area contributed by atoms with Crippen LogP contribution in [0.1, 0.15) is 19.8 Å². The van der Waals surface area contributed by atoms with Gasteiger partial charge in [0, 0.05) is 8.95 Å². The summed E-state index contributed by atoms with van der Waals surface area (Å²) in [6, 6.07) is 11.0. The van der Waals surface area contributed by atoms with E-state index in [1.54, 1.807) is 30.3 Å². The molecule has 0 aliphatic carbocycles. The lowest BCUT2D eigenvalue weighted by Crippen LogP contribution is -2.40. The first-order chi connectivity index (χ1) is 12.4. The Labute approximate surface area is 167 Å². The number of carbonyl (C=O) groups is 2. The van der Waals surface area contributed by atoms with E-state index >= 15 is 0 Å². The molecule has 0 bridgehead atoms. The number of hydrogen-bond acceptors (Lipinski definition) is 3. The topological polar surface area (TPSA) is 58.6 Å². The molecule has 0 fully saturated rings. The zero-order valence-corrected chi connectivity index (χ0v) is 17.1. The molecule has 2 rings (SSSR count). The lowest BCUT2D eigenvalue weighted by atomic mass is 10.3. The van der Waals surface area contributed by atoms with E-state index in [1.165, 1.54) is 12.1 Å². The van der Waals surface area contributed by atoms with Gasteiger partial charge in [-0.2, -0.15) is 5.06 Å². The third-order valence-corrected chi connectivity index (χ3v) is 4.58. The molecule has 2 aromatic carbocycles. The summed E-state index contributed by atoms with van der Waals surface area (Å²) in [5.74, 6) is -2.27. The van der Waals surface area contributed by atoms with E-state index in [1.807, 2.05) is 6.92 Å². The Balaban J connectivity index is 2.20. The summed E-state index contributed by atoms with van der Waals surface area (Å²) in [5, 5.41) is 3.44. The van der Waals surface area contributed by atoms with E-state index in [4.69, 9.17) is 4.84 Å². The van der Waals surface area contributed by atoms with E-state index in [2.05, 4.69) is 37.2 Å². The minimum atomic E-state index is -0.904. The summed E-state index contributed by atoms with van der Waals surface area (Å²) in [6.45, 7) is 2.29. The lowest BCUT2D eigenvalue weighted by molar-refractivity contribution is -0.139. The molecule has 0 spiro atoms. The molecular weight excluding hydrogens is 471 g/mol. The number of anilines is 2. The molecule has 0 aliphatic heterocycles. The summed E-state index contributed by atoms with van der Waals surface area (Å²) >= 11 is 6.34. The summed E-state index contributed by atoms with van der Waals surface area (Å²) in [4.78, 5) is 30.6. The first-order valence-corrected chi connectivity index (χ1v) is 9.50. The van der Waals surface area contributed by atoms with Crippen LogP contribution in [0.15, 0.2) is 51.4 Å². The van der Waals surface area contributed by atoms with E-state index in [0.29, 0.717) is 21.2 Å². The monoisotopic (exact) mass is 486 g/mol. The van der Waals surface area contributed by atoms with Gasteiger partial charge in [0.2, 0.25) is 0 Å². The van der Waals surface area contributed by atoms with Gasteiger partial charge in [-0.25, -0.2) is 4.39 Å². The Kier molecular flexibility index (Phi) is 7.74. The molecule has 0 unspecified atom stereocenters. The fraction of sp³-hybridized carbons (Fsp3) is 0.222. The maximum absolute atomic E-state index is 13.4. The number of unbranched alkanes of at least 4 members (excludes halogenated alkanes) is 1. The van der Waals surface area contributed by atoms with Crippen LogP contribution in [0, 0.1) is 5.82 Å². The smallest absolute Gasteiger partial charge is 0.316 e.